The second-order valence-electron chi connectivity index (χ2n) is 11.9. The van der Waals surface area contributed by atoms with Gasteiger partial charge in [-0.25, -0.2) is 4.79 Å². The Morgan fingerprint density at radius 2 is 1.87 bits per heavy atom. The minimum absolute atomic E-state index is 0.0574. The first-order chi connectivity index (χ1) is 18.0. The van der Waals surface area contributed by atoms with E-state index < -0.39 is 17.7 Å². The average Bonchev–Trinajstić information content (AvgIpc) is 3.22. The summed E-state index contributed by atoms with van der Waals surface area (Å²) in [5.41, 5.74) is 1.32. The molecule has 7 heteroatoms. The van der Waals surface area contributed by atoms with Gasteiger partial charge in [-0.3, -0.25) is 4.79 Å². The van der Waals surface area contributed by atoms with Gasteiger partial charge in [0.25, 0.3) is 0 Å². The van der Waals surface area contributed by atoms with Crippen LogP contribution in [0.4, 0.5) is 4.79 Å². The molecule has 2 aliphatic heterocycles. The minimum atomic E-state index is -0.678. The number of ether oxygens (including phenoxy) is 3. The molecule has 3 atom stereocenters. The number of cyclic esters (lactones) is 1. The molecule has 2 aromatic rings. The number of benzene rings is 2. The van der Waals surface area contributed by atoms with E-state index in [1.54, 1.807) is 14.2 Å². The van der Waals surface area contributed by atoms with Crippen LogP contribution in [0.3, 0.4) is 0 Å². The van der Waals surface area contributed by atoms with Crippen LogP contribution in [-0.4, -0.2) is 56.4 Å². The van der Waals surface area contributed by atoms with Crippen LogP contribution >= 0.6 is 0 Å². The zero-order chi connectivity index (χ0) is 27.7. The number of nitrogens with zero attached hydrogens (tertiary/aromatic N) is 1. The standard InChI is InChI=1S/C31H42N2O5/c1-20(2)27-28(34)33-19-31(37-7,18-21(33)3)25-11-10-22-17-26(36-6)23(15-24(22)16-25)9-8-12-30(4,5)13-14-38-29(35)32-27/h8-11,15-17,20-21,27H,12-14,18-19H2,1-7H3,(H,32,35)/t21-,27+,31+/m1/s1. The predicted molar refractivity (Wildman–Crippen MR) is 150 cm³/mol. The summed E-state index contributed by atoms with van der Waals surface area (Å²) in [6.07, 6.45) is 5.87. The van der Waals surface area contributed by atoms with E-state index in [1.807, 2.05) is 25.7 Å². The molecule has 1 N–H and O–H groups in total. The van der Waals surface area contributed by atoms with Crippen LogP contribution in [-0.2, 0) is 19.9 Å². The Hall–Kier alpha value is -3.06. The molecule has 7 nitrogen and oxygen atoms in total. The van der Waals surface area contributed by atoms with Gasteiger partial charge in [-0.05, 0) is 65.6 Å². The third-order valence-corrected chi connectivity index (χ3v) is 8.16. The molecule has 206 valence electrons. The Balaban J connectivity index is 1.80. The molecule has 4 rings (SSSR count). The number of methoxy groups -OCH3 is 2. The Morgan fingerprint density at radius 1 is 1.11 bits per heavy atom. The normalized spacial score (nSPS) is 26.3. The molecule has 38 heavy (non-hydrogen) atoms. The number of hydrogen-bond donors (Lipinski definition) is 1. The van der Waals surface area contributed by atoms with Gasteiger partial charge < -0.3 is 24.4 Å². The summed E-state index contributed by atoms with van der Waals surface area (Å²) in [7, 11) is 3.40. The highest BCUT2D eigenvalue weighted by molar-refractivity contribution is 5.89. The summed E-state index contributed by atoms with van der Waals surface area (Å²) in [6, 6.07) is 9.83. The van der Waals surface area contributed by atoms with Crippen LogP contribution in [0.25, 0.3) is 16.8 Å². The number of hydrogen-bond acceptors (Lipinski definition) is 5. The van der Waals surface area contributed by atoms with Crippen LogP contribution in [0, 0.1) is 11.3 Å². The van der Waals surface area contributed by atoms with Crippen LogP contribution in [0.5, 0.6) is 5.75 Å². The van der Waals surface area contributed by atoms with Crippen molar-refractivity contribution in [3.8, 4) is 5.75 Å². The fraction of sp³-hybridized carbons (Fsp3) is 0.548. The lowest BCUT2D eigenvalue weighted by Crippen LogP contribution is -2.52. The molecular formula is C31H42N2O5. The molecule has 1 fully saturated rings. The van der Waals surface area contributed by atoms with Gasteiger partial charge in [0, 0.05) is 25.1 Å². The maximum absolute atomic E-state index is 13.8. The number of carbonyl (C=O) groups excluding carboxylic acids is 2. The van der Waals surface area contributed by atoms with Crippen molar-refractivity contribution in [2.24, 2.45) is 11.3 Å². The van der Waals surface area contributed by atoms with Gasteiger partial charge in [0.05, 0.1) is 20.3 Å². The number of fused-ring (bicyclic) bond motifs is 5. The third-order valence-electron chi connectivity index (χ3n) is 8.16. The molecule has 0 unspecified atom stereocenters. The molecule has 2 heterocycles. The van der Waals surface area contributed by atoms with E-state index in [1.165, 1.54) is 0 Å². The molecule has 5 bridgehead atoms. The van der Waals surface area contributed by atoms with Gasteiger partial charge >= 0.3 is 6.09 Å². The van der Waals surface area contributed by atoms with Crippen LogP contribution in [0.1, 0.15) is 65.0 Å². The van der Waals surface area contributed by atoms with E-state index in [0.29, 0.717) is 19.4 Å². The van der Waals surface area contributed by atoms with Crippen molar-refractivity contribution in [1.82, 2.24) is 10.2 Å². The number of rotatable bonds is 3. The molecule has 2 aliphatic rings. The van der Waals surface area contributed by atoms with Gasteiger partial charge in [0.2, 0.25) is 5.91 Å². The topological polar surface area (TPSA) is 77.1 Å². The second-order valence-corrected chi connectivity index (χ2v) is 11.9. The van der Waals surface area contributed by atoms with E-state index in [2.05, 4.69) is 61.6 Å². The van der Waals surface area contributed by atoms with E-state index in [0.717, 1.165) is 34.1 Å². The van der Waals surface area contributed by atoms with Gasteiger partial charge in [0.15, 0.2) is 0 Å². The van der Waals surface area contributed by atoms with Crippen LogP contribution in [0.2, 0.25) is 0 Å². The molecule has 0 radical (unpaired) electrons. The first-order valence-corrected chi connectivity index (χ1v) is 13.6. The number of alkyl carbamates (subject to hydrolysis) is 1. The maximum Gasteiger partial charge on any atom is 0.407 e. The van der Waals surface area contributed by atoms with Crippen molar-refractivity contribution in [2.45, 2.75) is 71.6 Å². The zero-order valence-electron chi connectivity index (χ0n) is 23.8. The third kappa shape index (κ3) is 5.68. The maximum atomic E-state index is 13.8. The molecule has 2 amide bonds. The Labute approximate surface area is 226 Å². The zero-order valence-corrected chi connectivity index (χ0v) is 23.8. The molecule has 2 aromatic carbocycles. The first kappa shape index (κ1) is 28.0. The smallest absolute Gasteiger partial charge is 0.407 e. The van der Waals surface area contributed by atoms with Crippen molar-refractivity contribution < 1.29 is 23.8 Å². The molecule has 1 saturated heterocycles. The SMILES string of the molecule is COc1cc2ccc3cc2cc1C=CCC(C)(C)CCOC(=O)N[C@@H](C(C)C)C(=O)N1C[C@@]3(OC)C[C@H]1C. The summed E-state index contributed by atoms with van der Waals surface area (Å²) in [5.74, 6) is 0.612. The van der Waals surface area contributed by atoms with Crippen LogP contribution < -0.4 is 10.1 Å². The highest BCUT2D eigenvalue weighted by atomic mass is 16.5. The summed E-state index contributed by atoms with van der Waals surface area (Å²) < 4.78 is 17.4. The lowest BCUT2D eigenvalue weighted by Gasteiger charge is -2.31. The lowest BCUT2D eigenvalue weighted by atomic mass is 9.85. The fourth-order valence-electron chi connectivity index (χ4n) is 5.63. The Bertz CT molecular complexity index is 1220. The van der Waals surface area contributed by atoms with E-state index in [-0.39, 0.29) is 29.9 Å². The number of amides is 2. The van der Waals surface area contributed by atoms with Crippen molar-refractivity contribution >= 4 is 28.8 Å². The highest BCUT2D eigenvalue weighted by Gasteiger charge is 2.47. The summed E-state index contributed by atoms with van der Waals surface area (Å²) in [5, 5.41) is 5.02. The largest absolute Gasteiger partial charge is 0.496 e. The fourth-order valence-corrected chi connectivity index (χ4v) is 5.63. The molecule has 0 spiro atoms. The Kier molecular flexibility index (Phi) is 8.07. The van der Waals surface area contributed by atoms with Crippen molar-refractivity contribution in [1.29, 1.82) is 0 Å². The summed E-state index contributed by atoms with van der Waals surface area (Å²) >= 11 is 0. The Morgan fingerprint density at radius 3 is 2.55 bits per heavy atom. The highest BCUT2D eigenvalue weighted by Crippen LogP contribution is 2.41. The predicted octanol–water partition coefficient (Wildman–Crippen LogP) is 5.89. The van der Waals surface area contributed by atoms with Gasteiger partial charge in [-0.1, -0.05) is 52.0 Å². The summed E-state index contributed by atoms with van der Waals surface area (Å²) in [4.78, 5) is 28.3. The van der Waals surface area contributed by atoms with E-state index in [9.17, 15) is 9.59 Å². The number of nitrogens with one attached hydrogen (secondary N) is 1. The van der Waals surface area contributed by atoms with Gasteiger partial charge in [-0.15, -0.1) is 0 Å². The van der Waals surface area contributed by atoms with E-state index >= 15 is 0 Å². The van der Waals surface area contributed by atoms with Crippen LogP contribution in [0.15, 0.2) is 36.4 Å². The van der Waals surface area contributed by atoms with Crippen molar-refractivity contribution in [3.05, 3.63) is 47.5 Å². The number of allylic oxidation sites excluding steroid dienone is 1. The van der Waals surface area contributed by atoms with Gasteiger partial charge in [0.1, 0.15) is 17.4 Å². The first-order valence-electron chi connectivity index (χ1n) is 13.6. The molecule has 0 aromatic heterocycles. The minimum Gasteiger partial charge on any atom is -0.496 e. The van der Waals surface area contributed by atoms with Crippen molar-refractivity contribution in [3.63, 3.8) is 0 Å². The second kappa shape index (κ2) is 11.0. The van der Waals surface area contributed by atoms with Gasteiger partial charge in [-0.2, -0.15) is 0 Å². The lowest BCUT2D eigenvalue weighted by molar-refractivity contribution is -0.136. The summed E-state index contributed by atoms with van der Waals surface area (Å²) in [6.45, 7) is 10.9. The average molecular weight is 523 g/mol. The monoisotopic (exact) mass is 522 g/mol. The molecular weight excluding hydrogens is 480 g/mol. The molecule has 0 saturated carbocycles. The van der Waals surface area contributed by atoms with E-state index in [4.69, 9.17) is 14.2 Å². The quantitative estimate of drug-likeness (QED) is 0.544. The molecule has 0 aliphatic carbocycles. The van der Waals surface area contributed by atoms with Crippen molar-refractivity contribution in [2.75, 3.05) is 27.4 Å². The number of carbonyl (C=O) groups is 2.